The van der Waals surface area contributed by atoms with Gasteiger partial charge in [0.1, 0.15) is 11.6 Å². The molecule has 0 radical (unpaired) electrons. The number of hydrogen-bond donors (Lipinski definition) is 3. The molecule has 10 nitrogen and oxygen atoms in total. The summed E-state index contributed by atoms with van der Waals surface area (Å²) in [5, 5.41) is 19.2. The van der Waals surface area contributed by atoms with Gasteiger partial charge >= 0.3 is 11.5 Å². The zero-order valence-corrected chi connectivity index (χ0v) is 25.1. The number of halogens is 2. The highest BCUT2D eigenvalue weighted by molar-refractivity contribution is 6.30. The van der Waals surface area contributed by atoms with Gasteiger partial charge in [0.15, 0.2) is 5.75 Å². The SMILES string of the molecule is CCC(CC)(C(=O)O)[C@H]1CC[C@@H](c2cc(F)cc(Cl)c2)N1C(=O)CNC(=O)c1ccc(Oc2cc(C)n[nH]c2=O)c(C)c1. The summed E-state index contributed by atoms with van der Waals surface area (Å²) in [5.41, 5.74) is 0.150. The number of rotatable bonds is 10. The summed E-state index contributed by atoms with van der Waals surface area (Å²) in [6.07, 6.45) is 1.39. The molecule has 2 amide bonds. The van der Waals surface area contributed by atoms with Gasteiger partial charge in [0.05, 0.1) is 23.7 Å². The lowest BCUT2D eigenvalue weighted by Crippen LogP contribution is -2.53. The van der Waals surface area contributed by atoms with Crippen LogP contribution in [0, 0.1) is 25.1 Å². The van der Waals surface area contributed by atoms with Crippen LogP contribution < -0.4 is 15.6 Å². The van der Waals surface area contributed by atoms with Crippen molar-refractivity contribution in [1.82, 2.24) is 20.4 Å². The maximum atomic E-state index is 14.3. The Morgan fingerprint density at radius 3 is 2.47 bits per heavy atom. The van der Waals surface area contributed by atoms with Gasteiger partial charge in [-0.1, -0.05) is 25.4 Å². The molecule has 228 valence electrons. The first-order chi connectivity index (χ1) is 20.4. The predicted octanol–water partition coefficient (Wildman–Crippen LogP) is 5.32. The quantitative estimate of drug-likeness (QED) is 0.281. The van der Waals surface area contributed by atoms with E-state index in [1.54, 1.807) is 45.9 Å². The minimum Gasteiger partial charge on any atom is -0.481 e. The largest absolute Gasteiger partial charge is 0.481 e. The number of aliphatic carboxylic acids is 1. The molecule has 0 bridgehead atoms. The van der Waals surface area contributed by atoms with Crippen molar-refractivity contribution in [3.05, 3.63) is 86.0 Å². The van der Waals surface area contributed by atoms with Crippen molar-refractivity contribution in [2.45, 2.75) is 65.5 Å². The minimum atomic E-state index is -1.21. The minimum absolute atomic E-state index is 0.0595. The number of nitrogens with one attached hydrogen (secondary N) is 2. The van der Waals surface area contributed by atoms with E-state index < -0.39 is 53.2 Å². The molecule has 43 heavy (non-hydrogen) atoms. The lowest BCUT2D eigenvalue weighted by atomic mass is 9.74. The topological polar surface area (TPSA) is 142 Å². The van der Waals surface area contributed by atoms with E-state index in [4.69, 9.17) is 16.3 Å². The van der Waals surface area contributed by atoms with Crippen molar-refractivity contribution in [3.63, 3.8) is 0 Å². The second-order valence-corrected chi connectivity index (χ2v) is 11.2. The van der Waals surface area contributed by atoms with E-state index in [1.165, 1.54) is 23.1 Å². The van der Waals surface area contributed by atoms with Gasteiger partial charge in [0.2, 0.25) is 5.91 Å². The summed E-state index contributed by atoms with van der Waals surface area (Å²) in [6.45, 7) is 6.56. The van der Waals surface area contributed by atoms with Crippen LogP contribution in [0.3, 0.4) is 0 Å². The highest BCUT2D eigenvalue weighted by Gasteiger charge is 2.52. The summed E-state index contributed by atoms with van der Waals surface area (Å²) < 4.78 is 20.0. The molecule has 0 saturated carbocycles. The van der Waals surface area contributed by atoms with E-state index in [2.05, 4.69) is 15.5 Å². The number of carboxylic acid groups (broad SMARTS) is 1. The molecule has 2 atom stereocenters. The molecule has 3 aromatic rings. The number of carbonyl (C=O) groups is 3. The van der Waals surface area contributed by atoms with Crippen LogP contribution in [0.15, 0.2) is 47.3 Å². The third kappa shape index (κ3) is 6.56. The maximum absolute atomic E-state index is 14.3. The lowest BCUT2D eigenvalue weighted by molar-refractivity contribution is -0.156. The van der Waals surface area contributed by atoms with Gasteiger partial charge in [0, 0.05) is 22.7 Å². The van der Waals surface area contributed by atoms with Crippen LogP contribution in [0.1, 0.15) is 72.8 Å². The van der Waals surface area contributed by atoms with Crippen molar-refractivity contribution in [2.75, 3.05) is 6.54 Å². The molecule has 3 N–H and O–H groups in total. The Balaban J connectivity index is 1.55. The molecule has 4 rings (SSSR count). The van der Waals surface area contributed by atoms with Gasteiger partial charge in [-0.2, -0.15) is 5.10 Å². The van der Waals surface area contributed by atoms with Crippen LogP contribution in [0.2, 0.25) is 5.02 Å². The number of amides is 2. The molecule has 1 aliphatic rings. The predicted molar refractivity (Wildman–Crippen MR) is 158 cm³/mol. The Morgan fingerprint density at radius 2 is 1.84 bits per heavy atom. The molecular formula is C31H34ClFN4O6. The summed E-state index contributed by atoms with van der Waals surface area (Å²) in [6, 6.07) is 8.87. The number of carboxylic acids is 1. The fraction of sp³-hybridized carbons (Fsp3) is 0.387. The molecule has 2 aromatic carbocycles. The van der Waals surface area contributed by atoms with Crippen molar-refractivity contribution >= 4 is 29.4 Å². The number of hydrogen-bond acceptors (Lipinski definition) is 6. The molecule has 1 aromatic heterocycles. The molecule has 12 heteroatoms. The van der Waals surface area contributed by atoms with E-state index in [0.29, 0.717) is 35.4 Å². The highest BCUT2D eigenvalue weighted by Crippen LogP contribution is 2.47. The van der Waals surface area contributed by atoms with Gasteiger partial charge < -0.3 is 20.1 Å². The van der Waals surface area contributed by atoms with Crippen LogP contribution in [0.25, 0.3) is 0 Å². The zero-order valence-electron chi connectivity index (χ0n) is 24.4. The molecule has 0 unspecified atom stereocenters. The average Bonchev–Trinajstić information content (AvgIpc) is 3.40. The van der Waals surface area contributed by atoms with Gasteiger partial charge in [0.25, 0.3) is 5.91 Å². The summed E-state index contributed by atoms with van der Waals surface area (Å²) in [7, 11) is 0. The van der Waals surface area contributed by atoms with Crippen LogP contribution in [-0.4, -0.2) is 50.6 Å². The third-order valence-electron chi connectivity index (χ3n) is 8.22. The van der Waals surface area contributed by atoms with E-state index >= 15 is 0 Å². The monoisotopic (exact) mass is 612 g/mol. The van der Waals surface area contributed by atoms with Crippen LogP contribution in [0.4, 0.5) is 4.39 Å². The molecule has 0 aliphatic carbocycles. The first-order valence-electron chi connectivity index (χ1n) is 14.0. The number of likely N-dealkylation sites (tertiary alicyclic amines) is 1. The Hall–Kier alpha value is -4.25. The molecule has 0 spiro atoms. The van der Waals surface area contributed by atoms with Gasteiger partial charge in [-0.05, 0) is 87.1 Å². The second kappa shape index (κ2) is 12.9. The van der Waals surface area contributed by atoms with Crippen LogP contribution >= 0.6 is 11.6 Å². The maximum Gasteiger partial charge on any atom is 0.311 e. The van der Waals surface area contributed by atoms with E-state index in [0.717, 1.165) is 6.07 Å². The van der Waals surface area contributed by atoms with Crippen molar-refractivity contribution in [1.29, 1.82) is 0 Å². The number of benzene rings is 2. The fourth-order valence-corrected chi connectivity index (χ4v) is 6.12. The first kappa shape index (κ1) is 31.7. The van der Waals surface area contributed by atoms with Gasteiger partial charge in [-0.3, -0.25) is 19.2 Å². The second-order valence-electron chi connectivity index (χ2n) is 10.7. The van der Waals surface area contributed by atoms with Crippen molar-refractivity contribution in [2.24, 2.45) is 5.41 Å². The lowest BCUT2D eigenvalue weighted by Gasteiger charge is -2.41. The van der Waals surface area contributed by atoms with E-state index in [-0.39, 0.29) is 29.2 Å². The number of ether oxygens (including phenoxy) is 1. The summed E-state index contributed by atoms with van der Waals surface area (Å²) in [4.78, 5) is 52.9. The van der Waals surface area contributed by atoms with Crippen molar-refractivity contribution < 1.29 is 28.6 Å². The van der Waals surface area contributed by atoms with Crippen molar-refractivity contribution in [3.8, 4) is 11.5 Å². The molecule has 1 aliphatic heterocycles. The number of H-pyrrole nitrogens is 1. The zero-order chi connectivity index (χ0) is 31.5. The standard InChI is InChI=1S/C31H34ClFN4O6/c1-5-31(6-2,30(41)42)26-10-8-23(20-13-21(32)15-22(33)14-20)37(26)27(38)16-34-28(39)19-7-9-24(17(3)11-19)43-25-12-18(4)35-36-29(25)40/h7,9,11-15,23,26H,5-6,8,10,16H2,1-4H3,(H,34,39)(H,36,40)(H,41,42)/t23-,26+/m0/s1. The normalized spacial score (nSPS) is 16.7. The Bertz CT molecular complexity index is 1590. The molecular weight excluding hydrogens is 579 g/mol. The third-order valence-corrected chi connectivity index (χ3v) is 8.44. The Labute approximate surface area is 253 Å². The first-order valence-corrected chi connectivity index (χ1v) is 14.4. The average molecular weight is 613 g/mol. The molecule has 1 saturated heterocycles. The van der Waals surface area contributed by atoms with E-state index in [1.807, 2.05) is 0 Å². The van der Waals surface area contributed by atoms with Crippen LogP contribution in [-0.2, 0) is 9.59 Å². The summed E-state index contributed by atoms with van der Waals surface area (Å²) in [5.74, 6) is -2.17. The molecule has 2 heterocycles. The number of aryl methyl sites for hydroxylation is 2. The number of carbonyl (C=O) groups excluding carboxylic acids is 2. The highest BCUT2D eigenvalue weighted by atomic mass is 35.5. The van der Waals surface area contributed by atoms with Gasteiger partial charge in [-0.15, -0.1) is 0 Å². The number of aromatic nitrogens is 2. The smallest absolute Gasteiger partial charge is 0.311 e. The Kier molecular flexibility index (Phi) is 9.54. The van der Waals surface area contributed by atoms with Crippen LogP contribution in [0.5, 0.6) is 11.5 Å². The number of aromatic amines is 1. The van der Waals surface area contributed by atoms with Gasteiger partial charge in [-0.25, -0.2) is 9.49 Å². The fourth-order valence-electron chi connectivity index (χ4n) is 5.89. The summed E-state index contributed by atoms with van der Waals surface area (Å²) >= 11 is 6.12. The number of nitrogens with zero attached hydrogens (tertiary/aromatic N) is 2. The Morgan fingerprint density at radius 1 is 1.12 bits per heavy atom. The molecule has 1 fully saturated rings. The van der Waals surface area contributed by atoms with E-state index in [9.17, 15) is 28.7 Å².